The summed E-state index contributed by atoms with van der Waals surface area (Å²) in [6, 6.07) is 4.15. The first-order chi connectivity index (χ1) is 5.88. The zero-order valence-corrected chi connectivity index (χ0v) is 7.83. The lowest BCUT2D eigenvalue weighted by atomic mass is 9.94. The lowest BCUT2D eigenvalue weighted by Gasteiger charge is -2.12. The van der Waals surface area contributed by atoms with E-state index in [2.05, 4.69) is 31.3 Å². The van der Waals surface area contributed by atoms with Gasteiger partial charge in [0.1, 0.15) is 0 Å². The normalized spacial score (nSPS) is 12.8. The Bertz CT molecular complexity index is 206. The summed E-state index contributed by atoms with van der Waals surface area (Å²) in [4.78, 5) is 4.12. The van der Waals surface area contributed by atoms with Crippen LogP contribution in [0.2, 0.25) is 0 Å². The van der Waals surface area contributed by atoms with Crippen molar-refractivity contribution in [1.82, 2.24) is 4.98 Å². The second kappa shape index (κ2) is 4.91. The molecule has 1 aromatic rings. The van der Waals surface area contributed by atoms with Gasteiger partial charge in [-0.05, 0) is 30.4 Å². The van der Waals surface area contributed by atoms with Crippen LogP contribution in [0, 0.1) is 6.42 Å². The number of hydrogen-bond donors (Lipinski definition) is 0. The predicted molar refractivity (Wildman–Crippen MR) is 51.9 cm³/mol. The van der Waals surface area contributed by atoms with Crippen LogP contribution >= 0.6 is 0 Å². The Balaban J connectivity index is 2.66. The zero-order valence-electron chi connectivity index (χ0n) is 7.83. The molecule has 1 unspecified atom stereocenters. The number of hydrogen-bond acceptors (Lipinski definition) is 1. The third kappa shape index (κ3) is 2.33. The van der Waals surface area contributed by atoms with E-state index in [1.54, 1.807) is 0 Å². The van der Waals surface area contributed by atoms with Crippen molar-refractivity contribution in [3.63, 3.8) is 0 Å². The van der Waals surface area contributed by atoms with Gasteiger partial charge in [0, 0.05) is 12.4 Å². The molecule has 0 saturated carbocycles. The van der Waals surface area contributed by atoms with Crippen LogP contribution in [0.4, 0.5) is 0 Å². The van der Waals surface area contributed by atoms with Crippen LogP contribution in [0.3, 0.4) is 0 Å². The van der Waals surface area contributed by atoms with Gasteiger partial charge in [0.15, 0.2) is 0 Å². The molecule has 1 aromatic heterocycles. The summed E-state index contributed by atoms with van der Waals surface area (Å²) < 4.78 is 0. The number of rotatable bonds is 4. The Kier molecular flexibility index (Phi) is 3.78. The van der Waals surface area contributed by atoms with Crippen molar-refractivity contribution in [2.24, 2.45) is 0 Å². The van der Waals surface area contributed by atoms with Crippen molar-refractivity contribution in [3.05, 3.63) is 36.5 Å². The van der Waals surface area contributed by atoms with E-state index >= 15 is 0 Å². The van der Waals surface area contributed by atoms with Crippen LogP contribution in [0.15, 0.2) is 24.5 Å². The molecule has 65 valence electrons. The Labute approximate surface area is 74.8 Å². The van der Waals surface area contributed by atoms with E-state index in [0.717, 1.165) is 6.42 Å². The maximum Gasteiger partial charge on any atom is 0.0302 e. The van der Waals surface area contributed by atoms with Crippen molar-refractivity contribution in [1.29, 1.82) is 0 Å². The Morgan fingerprint density at radius 2 is 2.33 bits per heavy atom. The van der Waals surface area contributed by atoms with Gasteiger partial charge in [-0.25, -0.2) is 0 Å². The van der Waals surface area contributed by atoms with Crippen LogP contribution in [-0.4, -0.2) is 4.98 Å². The summed E-state index contributed by atoms with van der Waals surface area (Å²) in [5.74, 6) is 0.587. The molecule has 1 heteroatoms. The standard InChI is InChI=1S/C11H16N/c1-3-6-10(4-2)11-7-5-8-12-9-11/h5-10H,3-4H2,1-2H3. The fraction of sp³-hybridized carbons (Fsp3) is 0.455. The minimum atomic E-state index is 0.587. The van der Waals surface area contributed by atoms with Crippen LogP contribution < -0.4 is 0 Å². The van der Waals surface area contributed by atoms with Gasteiger partial charge in [0.25, 0.3) is 0 Å². The fourth-order valence-corrected chi connectivity index (χ4v) is 1.42. The largest absolute Gasteiger partial charge is 0.264 e. The highest BCUT2D eigenvalue weighted by molar-refractivity contribution is 5.17. The van der Waals surface area contributed by atoms with Gasteiger partial charge < -0.3 is 0 Å². The zero-order chi connectivity index (χ0) is 8.81. The summed E-state index contributed by atoms with van der Waals surface area (Å²) in [5.41, 5.74) is 1.34. The van der Waals surface area contributed by atoms with Crippen molar-refractivity contribution in [3.8, 4) is 0 Å². The summed E-state index contributed by atoms with van der Waals surface area (Å²) in [5, 5.41) is 0. The van der Waals surface area contributed by atoms with Gasteiger partial charge in [-0.1, -0.05) is 26.3 Å². The second-order valence-electron chi connectivity index (χ2n) is 2.95. The van der Waals surface area contributed by atoms with Gasteiger partial charge in [-0.3, -0.25) is 4.98 Å². The SMILES string of the molecule is CC[CH]C(CC)c1cccnc1. The van der Waals surface area contributed by atoms with Crippen molar-refractivity contribution >= 4 is 0 Å². The van der Waals surface area contributed by atoms with E-state index < -0.39 is 0 Å². The lowest BCUT2D eigenvalue weighted by Crippen LogP contribution is -1.97. The first-order valence-electron chi connectivity index (χ1n) is 4.61. The molecule has 1 nitrogen and oxygen atoms in total. The molecule has 12 heavy (non-hydrogen) atoms. The van der Waals surface area contributed by atoms with Gasteiger partial charge in [-0.2, -0.15) is 0 Å². The number of aromatic nitrogens is 1. The van der Waals surface area contributed by atoms with E-state index in [1.165, 1.54) is 12.0 Å². The van der Waals surface area contributed by atoms with Gasteiger partial charge in [-0.15, -0.1) is 0 Å². The lowest BCUT2D eigenvalue weighted by molar-refractivity contribution is 0.719. The molecule has 1 atom stereocenters. The highest BCUT2D eigenvalue weighted by Crippen LogP contribution is 2.22. The molecule has 1 rings (SSSR count). The summed E-state index contributed by atoms with van der Waals surface area (Å²) in [6.45, 7) is 4.39. The Morgan fingerprint density at radius 1 is 1.50 bits per heavy atom. The van der Waals surface area contributed by atoms with Gasteiger partial charge in [0.2, 0.25) is 0 Å². The van der Waals surface area contributed by atoms with Crippen molar-refractivity contribution in [2.75, 3.05) is 0 Å². The monoisotopic (exact) mass is 162 g/mol. The van der Waals surface area contributed by atoms with Gasteiger partial charge in [0.05, 0.1) is 0 Å². The average molecular weight is 162 g/mol. The number of nitrogens with zero attached hydrogens (tertiary/aromatic N) is 1. The molecular weight excluding hydrogens is 146 g/mol. The first-order valence-corrected chi connectivity index (χ1v) is 4.61. The van der Waals surface area contributed by atoms with Crippen LogP contribution in [0.25, 0.3) is 0 Å². The maximum atomic E-state index is 4.12. The fourth-order valence-electron chi connectivity index (χ4n) is 1.42. The predicted octanol–water partition coefficient (Wildman–Crippen LogP) is 3.19. The third-order valence-electron chi connectivity index (χ3n) is 2.07. The van der Waals surface area contributed by atoms with Crippen LogP contribution in [-0.2, 0) is 0 Å². The summed E-state index contributed by atoms with van der Waals surface area (Å²) in [7, 11) is 0. The number of pyridine rings is 1. The third-order valence-corrected chi connectivity index (χ3v) is 2.07. The molecule has 0 bridgehead atoms. The second-order valence-corrected chi connectivity index (χ2v) is 2.95. The van der Waals surface area contributed by atoms with Crippen molar-refractivity contribution in [2.45, 2.75) is 32.6 Å². The Morgan fingerprint density at radius 3 is 2.83 bits per heavy atom. The molecule has 0 aliphatic rings. The first kappa shape index (κ1) is 9.24. The van der Waals surface area contributed by atoms with Crippen molar-refractivity contribution < 1.29 is 0 Å². The van der Waals surface area contributed by atoms with Gasteiger partial charge >= 0.3 is 0 Å². The highest BCUT2D eigenvalue weighted by atomic mass is 14.6. The van der Waals surface area contributed by atoms with E-state index in [4.69, 9.17) is 0 Å². The molecule has 0 fully saturated rings. The molecule has 1 radical (unpaired) electrons. The summed E-state index contributed by atoms with van der Waals surface area (Å²) >= 11 is 0. The Hall–Kier alpha value is -0.850. The summed E-state index contributed by atoms with van der Waals surface area (Å²) in [6.07, 6.45) is 8.42. The quantitative estimate of drug-likeness (QED) is 0.662. The molecular formula is C11H16N. The molecule has 0 aliphatic carbocycles. The minimum absolute atomic E-state index is 0.587. The minimum Gasteiger partial charge on any atom is -0.264 e. The molecule has 0 aliphatic heterocycles. The van der Waals surface area contributed by atoms with E-state index in [0.29, 0.717) is 5.92 Å². The topological polar surface area (TPSA) is 12.9 Å². The van der Waals surface area contributed by atoms with Crippen LogP contribution in [0.5, 0.6) is 0 Å². The molecule has 0 N–H and O–H groups in total. The average Bonchev–Trinajstić information content (AvgIpc) is 2.15. The van der Waals surface area contributed by atoms with E-state index in [-0.39, 0.29) is 0 Å². The van der Waals surface area contributed by atoms with E-state index in [1.807, 2.05) is 18.5 Å². The molecule has 0 aromatic carbocycles. The molecule has 0 amide bonds. The molecule has 0 saturated heterocycles. The van der Waals surface area contributed by atoms with Crippen LogP contribution in [0.1, 0.15) is 38.2 Å². The highest BCUT2D eigenvalue weighted by Gasteiger charge is 2.07. The van der Waals surface area contributed by atoms with E-state index in [9.17, 15) is 0 Å². The maximum absolute atomic E-state index is 4.12. The molecule has 1 heterocycles. The molecule has 0 spiro atoms. The smallest absolute Gasteiger partial charge is 0.0302 e.